The third-order valence-electron chi connectivity index (χ3n) is 2.73. The maximum absolute atomic E-state index is 11.1. The van der Waals surface area contributed by atoms with Gasteiger partial charge in [-0.15, -0.1) is 11.8 Å². The van der Waals surface area contributed by atoms with Gasteiger partial charge in [0.25, 0.3) is 0 Å². The van der Waals surface area contributed by atoms with E-state index in [0.29, 0.717) is 17.2 Å². The number of carboxylic acids is 1. The predicted molar refractivity (Wildman–Crippen MR) is 70.1 cm³/mol. The van der Waals surface area contributed by atoms with Crippen LogP contribution in [0.3, 0.4) is 0 Å². The third-order valence-corrected chi connectivity index (χ3v) is 3.97. The highest BCUT2D eigenvalue weighted by Gasteiger charge is 2.42. The van der Waals surface area contributed by atoms with Crippen molar-refractivity contribution >= 4 is 22.8 Å². The molecule has 0 bridgehead atoms. The topological polar surface area (TPSA) is 82.8 Å². The molecule has 0 aromatic carbocycles. The minimum Gasteiger partial charge on any atom is -0.506 e. The first-order chi connectivity index (χ1) is 8.40. The van der Waals surface area contributed by atoms with Crippen molar-refractivity contribution in [2.75, 3.05) is 0 Å². The lowest BCUT2D eigenvalue weighted by molar-refractivity contribution is -0.138. The lowest BCUT2D eigenvalue weighted by atomic mass is 10.0. The van der Waals surface area contributed by atoms with Gasteiger partial charge >= 0.3 is 5.97 Å². The Labute approximate surface area is 109 Å². The van der Waals surface area contributed by atoms with Gasteiger partial charge in [-0.3, -0.25) is 9.98 Å². The number of aromatic hydroxyl groups is 1. The summed E-state index contributed by atoms with van der Waals surface area (Å²) >= 11 is 1.43. The molecule has 0 spiro atoms. The first-order valence-electron chi connectivity index (χ1n) is 5.51. The zero-order valence-electron chi connectivity index (χ0n) is 10.1. The highest BCUT2D eigenvalue weighted by Crippen LogP contribution is 2.39. The van der Waals surface area contributed by atoms with E-state index in [1.807, 2.05) is 13.8 Å². The van der Waals surface area contributed by atoms with Gasteiger partial charge in [-0.05, 0) is 26.0 Å². The van der Waals surface area contributed by atoms with Crippen LogP contribution in [0.1, 0.15) is 19.5 Å². The molecule has 0 saturated carbocycles. The number of carbonyl (C=O) groups is 1. The Balaban J connectivity index is 2.20. The maximum Gasteiger partial charge on any atom is 0.329 e. The smallest absolute Gasteiger partial charge is 0.329 e. The summed E-state index contributed by atoms with van der Waals surface area (Å²) in [6.45, 7) is 3.70. The Hall–Kier alpha value is -1.56. The fraction of sp³-hybridized carbons (Fsp3) is 0.417. The van der Waals surface area contributed by atoms with Crippen molar-refractivity contribution in [3.63, 3.8) is 0 Å². The molecule has 2 heterocycles. The summed E-state index contributed by atoms with van der Waals surface area (Å²) in [7, 11) is 0. The van der Waals surface area contributed by atoms with Crippen molar-refractivity contribution in [3.8, 4) is 5.75 Å². The number of pyridine rings is 1. The molecule has 0 amide bonds. The molecule has 2 N–H and O–H groups in total. The summed E-state index contributed by atoms with van der Waals surface area (Å²) in [5, 5.41) is 19.4. The van der Waals surface area contributed by atoms with E-state index >= 15 is 0 Å². The Bertz CT molecular complexity index is 514. The van der Waals surface area contributed by atoms with Gasteiger partial charge in [-0.2, -0.15) is 0 Å². The molecule has 6 heteroatoms. The molecule has 5 nitrogen and oxygen atoms in total. The van der Waals surface area contributed by atoms with Crippen LogP contribution in [0.5, 0.6) is 5.75 Å². The quantitative estimate of drug-likeness (QED) is 0.870. The average molecular weight is 266 g/mol. The molecule has 96 valence electrons. The van der Waals surface area contributed by atoms with Crippen LogP contribution >= 0.6 is 11.8 Å². The van der Waals surface area contributed by atoms with Crippen LogP contribution in [-0.2, 0) is 11.2 Å². The molecule has 1 atom stereocenters. The van der Waals surface area contributed by atoms with Gasteiger partial charge in [0.2, 0.25) is 0 Å². The molecular formula is C12H14N2O3S. The fourth-order valence-corrected chi connectivity index (χ4v) is 3.07. The Morgan fingerprint density at radius 3 is 2.83 bits per heavy atom. The molecule has 1 aromatic heterocycles. The van der Waals surface area contributed by atoms with Crippen LogP contribution in [0.2, 0.25) is 0 Å². The van der Waals surface area contributed by atoms with E-state index < -0.39 is 16.8 Å². The van der Waals surface area contributed by atoms with E-state index in [9.17, 15) is 9.90 Å². The van der Waals surface area contributed by atoms with Crippen LogP contribution in [0, 0.1) is 0 Å². The number of hydrogen-bond acceptors (Lipinski definition) is 5. The summed E-state index contributed by atoms with van der Waals surface area (Å²) in [4.78, 5) is 19.4. The minimum atomic E-state index is -0.923. The van der Waals surface area contributed by atoms with Crippen molar-refractivity contribution < 1.29 is 15.0 Å². The van der Waals surface area contributed by atoms with Crippen molar-refractivity contribution in [1.29, 1.82) is 0 Å². The third kappa shape index (κ3) is 2.48. The molecule has 1 aliphatic heterocycles. The zero-order valence-corrected chi connectivity index (χ0v) is 10.9. The van der Waals surface area contributed by atoms with Crippen LogP contribution < -0.4 is 0 Å². The molecule has 1 aromatic rings. The summed E-state index contributed by atoms with van der Waals surface area (Å²) < 4.78 is -0.467. The SMILES string of the molecule is CC1(C)SC(Cc2ncccc2O)=N[C@H]1C(=O)O. The summed E-state index contributed by atoms with van der Waals surface area (Å²) in [5.41, 5.74) is 0.519. The van der Waals surface area contributed by atoms with Gasteiger partial charge in [0.05, 0.1) is 10.7 Å². The van der Waals surface area contributed by atoms with Crippen LogP contribution in [0.4, 0.5) is 0 Å². The first-order valence-corrected chi connectivity index (χ1v) is 6.33. The minimum absolute atomic E-state index is 0.109. The van der Waals surface area contributed by atoms with Gasteiger partial charge in [-0.25, -0.2) is 4.79 Å². The molecule has 2 rings (SSSR count). The van der Waals surface area contributed by atoms with Crippen LogP contribution in [-0.4, -0.2) is 37.0 Å². The van der Waals surface area contributed by atoms with Crippen LogP contribution in [0.25, 0.3) is 0 Å². The highest BCUT2D eigenvalue weighted by molar-refractivity contribution is 8.15. The highest BCUT2D eigenvalue weighted by atomic mass is 32.2. The second-order valence-electron chi connectivity index (χ2n) is 4.62. The molecular weight excluding hydrogens is 252 g/mol. The Kier molecular flexibility index (Phi) is 3.30. The number of carboxylic acid groups (broad SMARTS) is 1. The predicted octanol–water partition coefficient (Wildman–Crippen LogP) is 1.71. The monoisotopic (exact) mass is 266 g/mol. The van der Waals surface area contributed by atoms with Crippen molar-refractivity contribution in [2.24, 2.45) is 4.99 Å². The fourth-order valence-electron chi connectivity index (χ4n) is 1.83. The summed E-state index contributed by atoms with van der Waals surface area (Å²) in [6.07, 6.45) is 1.96. The second kappa shape index (κ2) is 4.61. The number of aliphatic carboxylic acids is 1. The molecule has 0 saturated heterocycles. The molecule has 0 aliphatic carbocycles. The zero-order chi connectivity index (χ0) is 13.3. The van der Waals surface area contributed by atoms with Crippen molar-refractivity contribution in [1.82, 2.24) is 4.98 Å². The summed E-state index contributed by atoms with van der Waals surface area (Å²) in [6, 6.07) is 2.46. The Morgan fingerprint density at radius 2 is 2.28 bits per heavy atom. The first kappa shape index (κ1) is 12.9. The van der Waals surface area contributed by atoms with E-state index in [1.165, 1.54) is 11.8 Å². The van der Waals surface area contributed by atoms with Gasteiger partial charge in [-0.1, -0.05) is 0 Å². The number of nitrogens with zero attached hydrogens (tertiary/aromatic N) is 2. The maximum atomic E-state index is 11.1. The normalized spacial score (nSPS) is 21.7. The van der Waals surface area contributed by atoms with E-state index in [0.717, 1.165) is 0 Å². The summed E-state index contributed by atoms with van der Waals surface area (Å²) in [5.74, 6) is -0.815. The average Bonchev–Trinajstić information content (AvgIpc) is 2.57. The van der Waals surface area contributed by atoms with Crippen LogP contribution in [0.15, 0.2) is 23.3 Å². The lowest BCUT2D eigenvalue weighted by Crippen LogP contribution is -2.34. The van der Waals surface area contributed by atoms with Gasteiger partial charge in [0.1, 0.15) is 5.75 Å². The van der Waals surface area contributed by atoms with E-state index in [-0.39, 0.29) is 5.75 Å². The standard InChI is InChI=1S/C12H14N2O3S/c1-12(2)10(11(16)17)14-9(18-12)6-7-8(15)4-3-5-13-7/h3-5,10,15H,6H2,1-2H3,(H,16,17)/t10-/m0/s1. The second-order valence-corrected chi connectivity index (χ2v) is 6.34. The Morgan fingerprint density at radius 1 is 1.56 bits per heavy atom. The van der Waals surface area contributed by atoms with E-state index in [2.05, 4.69) is 9.98 Å². The van der Waals surface area contributed by atoms with Crippen molar-refractivity contribution in [3.05, 3.63) is 24.0 Å². The number of aliphatic imine (C=N–C) groups is 1. The molecule has 18 heavy (non-hydrogen) atoms. The van der Waals surface area contributed by atoms with Gasteiger partial charge in [0, 0.05) is 17.4 Å². The van der Waals surface area contributed by atoms with E-state index in [4.69, 9.17) is 5.11 Å². The van der Waals surface area contributed by atoms with Gasteiger partial charge in [0.15, 0.2) is 6.04 Å². The molecule has 0 unspecified atom stereocenters. The van der Waals surface area contributed by atoms with Gasteiger partial charge < -0.3 is 10.2 Å². The number of hydrogen-bond donors (Lipinski definition) is 2. The molecule has 0 fully saturated rings. The lowest BCUT2D eigenvalue weighted by Gasteiger charge is -2.20. The van der Waals surface area contributed by atoms with E-state index in [1.54, 1.807) is 18.3 Å². The molecule has 1 aliphatic rings. The number of rotatable bonds is 3. The number of aromatic nitrogens is 1. The number of thioether (sulfide) groups is 1. The van der Waals surface area contributed by atoms with Crippen molar-refractivity contribution in [2.45, 2.75) is 31.1 Å². The molecule has 0 radical (unpaired) electrons. The largest absolute Gasteiger partial charge is 0.506 e.